The number of ether oxygens (including phenoxy) is 2. The number of rotatable bonds is 8. The van der Waals surface area contributed by atoms with Crippen molar-refractivity contribution in [2.75, 3.05) is 37.4 Å². The van der Waals surface area contributed by atoms with Gasteiger partial charge in [0.2, 0.25) is 5.30 Å². The van der Waals surface area contributed by atoms with Crippen molar-refractivity contribution in [3.05, 3.63) is 24.3 Å². The van der Waals surface area contributed by atoms with Crippen molar-refractivity contribution in [3.63, 3.8) is 0 Å². The van der Waals surface area contributed by atoms with E-state index in [2.05, 4.69) is 24.8 Å². The van der Waals surface area contributed by atoms with E-state index in [0.29, 0.717) is 18.1 Å². The highest BCUT2D eigenvalue weighted by Gasteiger charge is 2.34. The second kappa shape index (κ2) is 6.43. The molecule has 0 radical (unpaired) electrons. The smallest absolute Gasteiger partial charge is 0.371 e. The highest BCUT2D eigenvalue weighted by atomic mass is 31.1. The molecule has 3 rings (SSSR count). The Morgan fingerprint density at radius 1 is 1.19 bits per heavy atom. The lowest BCUT2D eigenvalue weighted by Crippen LogP contribution is -2.34. The lowest BCUT2D eigenvalue weighted by Gasteiger charge is -2.23. The van der Waals surface area contributed by atoms with Crippen molar-refractivity contribution in [1.29, 1.82) is 0 Å². The van der Waals surface area contributed by atoms with Crippen LogP contribution in [0.3, 0.4) is 0 Å². The van der Waals surface area contributed by atoms with Crippen LogP contribution in [0.15, 0.2) is 24.3 Å². The monoisotopic (exact) mass is 308 g/mol. The molecule has 0 bridgehead atoms. The largest absolute Gasteiger partial charge is 0.379 e. The predicted octanol–water partition coefficient (Wildman–Crippen LogP) is 2.40. The molecule has 5 heteroatoms. The zero-order chi connectivity index (χ0) is 14.8. The summed E-state index contributed by atoms with van der Waals surface area (Å²) in [6, 6.07) is 8.08. The van der Waals surface area contributed by atoms with Crippen LogP contribution in [0.1, 0.15) is 13.8 Å². The van der Waals surface area contributed by atoms with E-state index in [4.69, 9.17) is 9.47 Å². The number of benzene rings is 1. The van der Waals surface area contributed by atoms with Crippen LogP contribution in [0, 0.1) is 5.92 Å². The first kappa shape index (κ1) is 15.0. The van der Waals surface area contributed by atoms with Crippen molar-refractivity contribution in [2.45, 2.75) is 26.1 Å². The highest BCUT2D eigenvalue weighted by Crippen LogP contribution is 2.30. The van der Waals surface area contributed by atoms with Crippen LogP contribution in [0.2, 0.25) is 0 Å². The number of hydrogen-bond acceptors (Lipinski definition) is 4. The molecular weight excluding hydrogens is 285 g/mol. The van der Waals surface area contributed by atoms with Gasteiger partial charge < -0.3 is 14.4 Å². The summed E-state index contributed by atoms with van der Waals surface area (Å²) in [5.41, 5.74) is 1.09. The lowest BCUT2D eigenvalue weighted by molar-refractivity contribution is 0.389. The van der Waals surface area contributed by atoms with Gasteiger partial charge in [-0.1, -0.05) is 30.5 Å². The van der Waals surface area contributed by atoms with Crippen molar-refractivity contribution in [1.82, 2.24) is 0 Å². The summed E-state index contributed by atoms with van der Waals surface area (Å²) in [6.45, 7) is 7.63. The summed E-state index contributed by atoms with van der Waals surface area (Å²) in [7, 11) is -1.35. The van der Waals surface area contributed by atoms with Gasteiger partial charge in [0.05, 0.1) is 31.1 Å². The van der Waals surface area contributed by atoms with Crippen LogP contribution in [0.4, 0.5) is 5.69 Å². The molecule has 0 saturated carbocycles. The van der Waals surface area contributed by atoms with Crippen LogP contribution in [0.5, 0.6) is 0 Å². The Morgan fingerprint density at radius 3 is 2.29 bits per heavy atom. The van der Waals surface area contributed by atoms with Crippen LogP contribution >= 0.6 is 7.80 Å². The number of para-hydroxylation sites is 1. The topological polar surface area (TPSA) is 45.4 Å². The molecule has 1 aromatic carbocycles. The third-order valence-corrected chi connectivity index (χ3v) is 5.65. The molecule has 2 saturated heterocycles. The minimum Gasteiger partial charge on any atom is -0.371 e. The molecule has 4 nitrogen and oxygen atoms in total. The van der Waals surface area contributed by atoms with E-state index in [1.165, 1.54) is 0 Å². The fourth-order valence-electron chi connectivity index (χ4n) is 2.48. The Balaban J connectivity index is 1.81. The number of nitrogens with zero attached hydrogens (tertiary/aromatic N) is 1. The van der Waals surface area contributed by atoms with E-state index >= 15 is 0 Å². The predicted molar refractivity (Wildman–Crippen MR) is 85.1 cm³/mol. The van der Waals surface area contributed by atoms with E-state index < -0.39 is 7.80 Å². The molecule has 2 heterocycles. The van der Waals surface area contributed by atoms with Gasteiger partial charge in [0, 0.05) is 13.1 Å². The molecule has 1 aromatic rings. The van der Waals surface area contributed by atoms with Crippen molar-refractivity contribution < 1.29 is 14.0 Å². The fraction of sp³-hybridized carbons (Fsp3) is 0.625. The van der Waals surface area contributed by atoms with Gasteiger partial charge in [-0.25, -0.2) is 0 Å². The van der Waals surface area contributed by atoms with Gasteiger partial charge in [-0.3, -0.25) is 0 Å². The second-order valence-corrected chi connectivity index (χ2v) is 7.86. The Kier molecular flexibility index (Phi) is 4.58. The molecule has 114 valence electrons. The van der Waals surface area contributed by atoms with Crippen molar-refractivity contribution >= 4 is 18.8 Å². The Hall–Kier alpha value is -0.960. The zero-order valence-corrected chi connectivity index (χ0v) is 13.6. The van der Waals surface area contributed by atoms with Crippen LogP contribution in [-0.2, 0) is 14.0 Å². The van der Waals surface area contributed by atoms with Crippen molar-refractivity contribution in [3.8, 4) is 0 Å². The average molecular weight is 308 g/mol. The Bertz CT molecular complexity index is 498. The van der Waals surface area contributed by atoms with E-state index in [1.54, 1.807) is 0 Å². The van der Waals surface area contributed by atoms with Crippen LogP contribution < -0.4 is 10.2 Å². The summed E-state index contributed by atoms with van der Waals surface area (Å²) in [6.07, 6.45) is 1.37. The molecule has 0 aromatic heterocycles. The summed E-state index contributed by atoms with van der Waals surface area (Å²) in [5, 5.41) is 0.975. The fourth-order valence-corrected chi connectivity index (χ4v) is 4.07. The third kappa shape index (κ3) is 4.26. The Labute approximate surface area is 127 Å². The minimum atomic E-state index is -1.35. The Morgan fingerprint density at radius 2 is 1.76 bits per heavy atom. The molecule has 2 fully saturated rings. The van der Waals surface area contributed by atoms with E-state index in [0.717, 1.165) is 43.5 Å². The molecule has 0 spiro atoms. The number of anilines is 1. The number of epoxide rings is 2. The molecule has 0 aliphatic carbocycles. The SMILES string of the molecule is CC(C)C[P+](=O)c1ccccc1N(CC1CO1)CC1CO1. The van der Waals surface area contributed by atoms with Crippen LogP contribution in [-0.4, -0.2) is 44.7 Å². The summed E-state index contributed by atoms with van der Waals surface area (Å²) in [5.74, 6) is 0.439. The van der Waals surface area contributed by atoms with Gasteiger partial charge in [0.1, 0.15) is 0 Å². The lowest BCUT2D eigenvalue weighted by atomic mass is 10.2. The average Bonchev–Trinajstić information content (AvgIpc) is 3.32. The molecule has 3 atom stereocenters. The van der Waals surface area contributed by atoms with E-state index in [9.17, 15) is 4.57 Å². The maximum atomic E-state index is 12.6. The minimum absolute atomic E-state index is 0.319. The van der Waals surface area contributed by atoms with Gasteiger partial charge in [0.15, 0.2) is 6.16 Å². The van der Waals surface area contributed by atoms with Gasteiger partial charge in [-0.15, -0.1) is 0 Å². The third-order valence-electron chi connectivity index (χ3n) is 3.67. The molecule has 3 unspecified atom stereocenters. The van der Waals surface area contributed by atoms with Crippen molar-refractivity contribution in [2.24, 2.45) is 5.92 Å². The summed E-state index contributed by atoms with van der Waals surface area (Å²) >= 11 is 0. The standard InChI is InChI=1S/C16H23NO3P/c1-12(2)11-21(18)16-6-4-3-5-15(16)17(7-13-9-19-13)8-14-10-20-14/h3-6,12-14H,7-11H2,1-2H3/q+1. The highest BCUT2D eigenvalue weighted by molar-refractivity contribution is 7.53. The number of hydrogen-bond donors (Lipinski definition) is 0. The van der Waals surface area contributed by atoms with E-state index in [1.807, 2.05) is 18.2 Å². The molecule has 0 amide bonds. The summed E-state index contributed by atoms with van der Waals surface area (Å²) < 4.78 is 23.4. The molecule has 2 aliphatic heterocycles. The van der Waals surface area contributed by atoms with Gasteiger partial charge in [0.25, 0.3) is 0 Å². The summed E-state index contributed by atoms with van der Waals surface area (Å²) in [4.78, 5) is 2.29. The van der Waals surface area contributed by atoms with Gasteiger partial charge >= 0.3 is 7.80 Å². The quantitative estimate of drug-likeness (QED) is 0.546. The molecular formula is C16H23NO3P+. The maximum absolute atomic E-state index is 12.6. The zero-order valence-electron chi connectivity index (χ0n) is 12.7. The normalized spacial score (nSPS) is 24.0. The molecule has 0 N–H and O–H groups in total. The second-order valence-electron chi connectivity index (χ2n) is 6.26. The first-order valence-electron chi connectivity index (χ1n) is 7.65. The van der Waals surface area contributed by atoms with Gasteiger partial charge in [-0.2, -0.15) is 0 Å². The molecule has 21 heavy (non-hydrogen) atoms. The van der Waals surface area contributed by atoms with E-state index in [-0.39, 0.29) is 0 Å². The first-order chi connectivity index (χ1) is 10.1. The molecule has 2 aliphatic rings. The first-order valence-corrected chi connectivity index (χ1v) is 9.10. The maximum Gasteiger partial charge on any atom is 0.379 e. The van der Waals surface area contributed by atoms with Crippen LogP contribution in [0.25, 0.3) is 0 Å². The van der Waals surface area contributed by atoms with Gasteiger partial charge in [-0.05, 0) is 18.1 Å².